The molecule has 3 nitrogen and oxygen atoms in total. The molecule has 5 heteroatoms. The van der Waals surface area contributed by atoms with Gasteiger partial charge in [0.1, 0.15) is 6.61 Å². The standard InChI is InChI=1S/C14H19F2NO2/c1-2-17-13(10-6-7-18-8-10)9-19-14-11(15)4-3-5-12(14)16/h3-5,10,13,17H,2,6-9H2,1H3. The first-order valence-corrected chi connectivity index (χ1v) is 6.60. The molecule has 1 heterocycles. The molecule has 0 bridgehead atoms. The lowest BCUT2D eigenvalue weighted by molar-refractivity contribution is 0.157. The molecule has 0 spiro atoms. The molecule has 106 valence electrons. The summed E-state index contributed by atoms with van der Waals surface area (Å²) in [5.41, 5.74) is 0. The molecule has 0 saturated carbocycles. The van der Waals surface area contributed by atoms with Crippen molar-refractivity contribution in [2.24, 2.45) is 5.92 Å². The number of hydrogen-bond donors (Lipinski definition) is 1. The molecule has 1 saturated heterocycles. The summed E-state index contributed by atoms with van der Waals surface area (Å²) in [5, 5.41) is 3.28. The Kier molecular flexibility index (Phi) is 5.10. The second-order valence-corrected chi connectivity index (χ2v) is 4.65. The second-order valence-electron chi connectivity index (χ2n) is 4.65. The Hall–Kier alpha value is -1.20. The zero-order chi connectivity index (χ0) is 13.7. The smallest absolute Gasteiger partial charge is 0.190 e. The second kappa shape index (κ2) is 6.82. The summed E-state index contributed by atoms with van der Waals surface area (Å²) in [6.45, 7) is 4.41. The Morgan fingerprint density at radius 1 is 1.42 bits per heavy atom. The van der Waals surface area contributed by atoms with E-state index in [4.69, 9.17) is 9.47 Å². The lowest BCUT2D eigenvalue weighted by Crippen LogP contribution is -2.41. The van der Waals surface area contributed by atoms with Crippen molar-refractivity contribution in [3.8, 4) is 5.75 Å². The van der Waals surface area contributed by atoms with E-state index < -0.39 is 11.6 Å². The largest absolute Gasteiger partial charge is 0.486 e. The van der Waals surface area contributed by atoms with Gasteiger partial charge in [0, 0.05) is 18.6 Å². The van der Waals surface area contributed by atoms with Crippen molar-refractivity contribution in [3.63, 3.8) is 0 Å². The Morgan fingerprint density at radius 3 is 2.74 bits per heavy atom. The maximum atomic E-state index is 13.5. The molecule has 0 aliphatic carbocycles. The average Bonchev–Trinajstić information content (AvgIpc) is 2.90. The van der Waals surface area contributed by atoms with Gasteiger partial charge < -0.3 is 14.8 Å². The SMILES string of the molecule is CCNC(COc1c(F)cccc1F)C1CCOC1. The van der Waals surface area contributed by atoms with E-state index in [2.05, 4.69) is 5.32 Å². The van der Waals surface area contributed by atoms with Crippen LogP contribution in [0.3, 0.4) is 0 Å². The minimum Gasteiger partial charge on any atom is -0.486 e. The number of halogens is 2. The van der Waals surface area contributed by atoms with Gasteiger partial charge in [0.05, 0.1) is 6.61 Å². The predicted molar refractivity (Wildman–Crippen MR) is 68.2 cm³/mol. The van der Waals surface area contributed by atoms with Gasteiger partial charge in [0.25, 0.3) is 0 Å². The van der Waals surface area contributed by atoms with Crippen molar-refractivity contribution >= 4 is 0 Å². The fraction of sp³-hybridized carbons (Fsp3) is 0.571. The molecule has 1 N–H and O–H groups in total. The quantitative estimate of drug-likeness (QED) is 0.861. The Morgan fingerprint density at radius 2 is 2.16 bits per heavy atom. The van der Waals surface area contributed by atoms with E-state index in [1.54, 1.807) is 0 Å². The fourth-order valence-electron chi connectivity index (χ4n) is 2.29. The van der Waals surface area contributed by atoms with Crippen molar-refractivity contribution in [2.45, 2.75) is 19.4 Å². The van der Waals surface area contributed by atoms with Gasteiger partial charge >= 0.3 is 0 Å². The fourth-order valence-corrected chi connectivity index (χ4v) is 2.29. The first-order chi connectivity index (χ1) is 9.22. The van der Waals surface area contributed by atoms with Crippen molar-refractivity contribution < 1.29 is 18.3 Å². The molecule has 2 unspecified atom stereocenters. The summed E-state index contributed by atoms with van der Waals surface area (Å²) in [6.07, 6.45) is 0.945. The lowest BCUT2D eigenvalue weighted by atomic mass is 10.00. The molecular formula is C14H19F2NO2. The first-order valence-electron chi connectivity index (χ1n) is 6.60. The molecule has 1 aliphatic heterocycles. The molecule has 0 aromatic heterocycles. The van der Waals surface area contributed by atoms with E-state index in [0.29, 0.717) is 12.5 Å². The summed E-state index contributed by atoms with van der Waals surface area (Å²) in [4.78, 5) is 0. The third-order valence-corrected chi connectivity index (χ3v) is 3.33. The van der Waals surface area contributed by atoms with Gasteiger partial charge in [-0.2, -0.15) is 0 Å². The van der Waals surface area contributed by atoms with Crippen molar-refractivity contribution in [3.05, 3.63) is 29.8 Å². The van der Waals surface area contributed by atoms with Gasteiger partial charge in [-0.05, 0) is 25.1 Å². The number of nitrogens with one attached hydrogen (secondary N) is 1. The van der Waals surface area contributed by atoms with Crippen LogP contribution in [0.4, 0.5) is 8.78 Å². The molecule has 1 aromatic rings. The minimum atomic E-state index is -0.669. The highest BCUT2D eigenvalue weighted by atomic mass is 19.1. The molecule has 1 aliphatic rings. The van der Waals surface area contributed by atoms with E-state index in [9.17, 15) is 8.78 Å². The predicted octanol–water partition coefficient (Wildman–Crippen LogP) is 2.36. The molecule has 0 radical (unpaired) electrons. The van der Waals surface area contributed by atoms with E-state index in [0.717, 1.165) is 19.6 Å². The van der Waals surface area contributed by atoms with Crippen LogP contribution in [0.2, 0.25) is 0 Å². The first kappa shape index (κ1) is 14.2. The number of para-hydroxylation sites is 1. The topological polar surface area (TPSA) is 30.5 Å². The molecule has 1 fully saturated rings. The van der Waals surface area contributed by atoms with Gasteiger partial charge in [-0.1, -0.05) is 13.0 Å². The van der Waals surface area contributed by atoms with Crippen LogP contribution in [-0.4, -0.2) is 32.4 Å². The summed E-state index contributed by atoms with van der Waals surface area (Å²) in [5.74, 6) is -1.31. The maximum absolute atomic E-state index is 13.5. The van der Waals surface area contributed by atoms with E-state index in [1.807, 2.05) is 6.92 Å². The monoisotopic (exact) mass is 271 g/mol. The Labute approximate surface area is 111 Å². The van der Waals surface area contributed by atoms with Gasteiger partial charge in [0.2, 0.25) is 0 Å². The molecule has 2 rings (SSSR count). The van der Waals surface area contributed by atoms with Crippen LogP contribution < -0.4 is 10.1 Å². The van der Waals surface area contributed by atoms with Crippen LogP contribution in [0.15, 0.2) is 18.2 Å². The summed E-state index contributed by atoms with van der Waals surface area (Å²) >= 11 is 0. The molecule has 0 amide bonds. The highest BCUT2D eigenvalue weighted by Crippen LogP contribution is 2.23. The highest BCUT2D eigenvalue weighted by Gasteiger charge is 2.26. The minimum absolute atomic E-state index is 0.0477. The lowest BCUT2D eigenvalue weighted by Gasteiger charge is -2.23. The highest BCUT2D eigenvalue weighted by molar-refractivity contribution is 5.26. The number of rotatable bonds is 6. The Bertz CT molecular complexity index is 388. The zero-order valence-corrected chi connectivity index (χ0v) is 11.0. The molecule has 2 atom stereocenters. The Balaban J connectivity index is 1.98. The molecular weight excluding hydrogens is 252 g/mol. The third kappa shape index (κ3) is 3.64. The van der Waals surface area contributed by atoms with Crippen LogP contribution in [-0.2, 0) is 4.74 Å². The summed E-state index contributed by atoms with van der Waals surface area (Å²) in [7, 11) is 0. The normalized spacial score (nSPS) is 20.5. The van der Waals surface area contributed by atoms with Crippen LogP contribution in [0.5, 0.6) is 5.75 Å². The number of hydrogen-bond acceptors (Lipinski definition) is 3. The van der Waals surface area contributed by atoms with Crippen LogP contribution >= 0.6 is 0 Å². The van der Waals surface area contributed by atoms with E-state index >= 15 is 0 Å². The number of benzene rings is 1. The zero-order valence-electron chi connectivity index (χ0n) is 11.0. The van der Waals surface area contributed by atoms with E-state index in [-0.39, 0.29) is 18.4 Å². The molecule has 1 aromatic carbocycles. The molecule has 19 heavy (non-hydrogen) atoms. The average molecular weight is 271 g/mol. The van der Waals surface area contributed by atoms with Gasteiger partial charge in [-0.25, -0.2) is 8.78 Å². The van der Waals surface area contributed by atoms with Crippen LogP contribution in [0.1, 0.15) is 13.3 Å². The van der Waals surface area contributed by atoms with Crippen LogP contribution in [0.25, 0.3) is 0 Å². The van der Waals surface area contributed by atoms with Crippen LogP contribution in [0, 0.1) is 17.6 Å². The van der Waals surface area contributed by atoms with Gasteiger partial charge in [-0.15, -0.1) is 0 Å². The summed E-state index contributed by atoms with van der Waals surface area (Å²) in [6, 6.07) is 3.76. The number of likely N-dealkylation sites (N-methyl/N-ethyl adjacent to an activating group) is 1. The van der Waals surface area contributed by atoms with E-state index in [1.165, 1.54) is 18.2 Å². The number of ether oxygens (including phenoxy) is 2. The maximum Gasteiger partial charge on any atom is 0.190 e. The van der Waals surface area contributed by atoms with Crippen molar-refractivity contribution in [2.75, 3.05) is 26.4 Å². The van der Waals surface area contributed by atoms with Crippen molar-refractivity contribution in [1.29, 1.82) is 0 Å². The third-order valence-electron chi connectivity index (χ3n) is 3.33. The van der Waals surface area contributed by atoms with Crippen molar-refractivity contribution in [1.82, 2.24) is 5.32 Å². The van der Waals surface area contributed by atoms with Gasteiger partial charge in [0.15, 0.2) is 17.4 Å². The summed E-state index contributed by atoms with van der Waals surface area (Å²) < 4.78 is 37.6. The van der Waals surface area contributed by atoms with Gasteiger partial charge in [-0.3, -0.25) is 0 Å².